The molecular formula is C18H16ClF3N2O. The van der Waals surface area contributed by atoms with Gasteiger partial charge in [0.1, 0.15) is 0 Å². The second-order valence-electron chi connectivity index (χ2n) is 5.85. The fourth-order valence-corrected chi connectivity index (χ4v) is 3.37. The number of carbonyl (C=O) groups is 1. The Morgan fingerprint density at radius 3 is 2.52 bits per heavy atom. The molecule has 1 heterocycles. The van der Waals surface area contributed by atoms with Crippen molar-refractivity contribution < 1.29 is 18.0 Å². The van der Waals surface area contributed by atoms with Crippen LogP contribution in [0.4, 0.5) is 23.7 Å². The topological polar surface area (TPSA) is 32.3 Å². The lowest BCUT2D eigenvalue weighted by Gasteiger charge is -2.26. The van der Waals surface area contributed by atoms with Crippen molar-refractivity contribution in [3.8, 4) is 0 Å². The van der Waals surface area contributed by atoms with Crippen LogP contribution in [-0.2, 0) is 6.18 Å². The number of hydrogen-bond acceptors (Lipinski definition) is 1. The van der Waals surface area contributed by atoms with Crippen molar-refractivity contribution in [2.75, 3.05) is 11.9 Å². The molecule has 25 heavy (non-hydrogen) atoms. The maximum atomic E-state index is 13.1. The maximum Gasteiger partial charge on any atom is 0.418 e. The molecule has 2 amide bonds. The van der Waals surface area contributed by atoms with Gasteiger partial charge in [0, 0.05) is 11.6 Å². The number of carbonyl (C=O) groups excluding carboxylic acids is 1. The first-order chi connectivity index (χ1) is 11.9. The third-order valence-electron chi connectivity index (χ3n) is 4.25. The first-order valence-electron chi connectivity index (χ1n) is 7.86. The van der Waals surface area contributed by atoms with E-state index in [2.05, 4.69) is 5.32 Å². The van der Waals surface area contributed by atoms with E-state index in [1.54, 1.807) is 12.1 Å². The molecule has 132 valence electrons. The smallest absolute Gasteiger partial charge is 0.317 e. The summed E-state index contributed by atoms with van der Waals surface area (Å²) >= 11 is 6.21. The summed E-state index contributed by atoms with van der Waals surface area (Å²) in [4.78, 5) is 14.1. The van der Waals surface area contributed by atoms with E-state index < -0.39 is 17.8 Å². The predicted molar refractivity (Wildman–Crippen MR) is 90.6 cm³/mol. The first-order valence-corrected chi connectivity index (χ1v) is 8.24. The molecule has 1 aliphatic rings. The number of urea groups is 1. The number of nitrogens with zero attached hydrogens (tertiary/aromatic N) is 1. The van der Waals surface area contributed by atoms with Gasteiger partial charge in [-0.25, -0.2) is 4.79 Å². The highest BCUT2D eigenvalue weighted by molar-refractivity contribution is 6.31. The van der Waals surface area contributed by atoms with Gasteiger partial charge in [-0.15, -0.1) is 0 Å². The van der Waals surface area contributed by atoms with E-state index in [1.165, 1.54) is 23.1 Å². The van der Waals surface area contributed by atoms with Gasteiger partial charge >= 0.3 is 12.2 Å². The highest BCUT2D eigenvalue weighted by Gasteiger charge is 2.35. The lowest BCUT2D eigenvalue weighted by atomic mass is 10.0. The Labute approximate surface area is 148 Å². The van der Waals surface area contributed by atoms with Crippen LogP contribution in [0.5, 0.6) is 0 Å². The van der Waals surface area contributed by atoms with Crippen molar-refractivity contribution in [1.82, 2.24) is 4.90 Å². The zero-order chi connectivity index (χ0) is 18.0. The van der Waals surface area contributed by atoms with Gasteiger partial charge in [0.25, 0.3) is 0 Å². The molecule has 0 bridgehead atoms. The molecule has 1 N–H and O–H groups in total. The Morgan fingerprint density at radius 1 is 1.12 bits per heavy atom. The second kappa shape index (κ2) is 6.96. The lowest BCUT2D eigenvalue weighted by Crippen LogP contribution is -2.35. The van der Waals surface area contributed by atoms with Crippen molar-refractivity contribution >= 4 is 23.3 Å². The summed E-state index contributed by atoms with van der Waals surface area (Å²) < 4.78 is 39.3. The normalized spacial score (nSPS) is 17.6. The first kappa shape index (κ1) is 17.6. The molecule has 0 spiro atoms. The summed E-state index contributed by atoms with van der Waals surface area (Å²) in [6.45, 7) is 0.468. The number of hydrogen-bond donors (Lipinski definition) is 1. The Bertz CT molecular complexity index is 779. The van der Waals surface area contributed by atoms with E-state index in [9.17, 15) is 18.0 Å². The van der Waals surface area contributed by atoms with Crippen LogP contribution in [0.1, 0.15) is 30.0 Å². The molecule has 1 atom stereocenters. The molecule has 1 unspecified atom stereocenters. The van der Waals surface area contributed by atoms with E-state index >= 15 is 0 Å². The van der Waals surface area contributed by atoms with E-state index in [0.29, 0.717) is 11.6 Å². The largest absolute Gasteiger partial charge is 0.418 e. The Morgan fingerprint density at radius 2 is 1.80 bits per heavy atom. The van der Waals surface area contributed by atoms with Gasteiger partial charge in [0.15, 0.2) is 0 Å². The summed E-state index contributed by atoms with van der Waals surface area (Å²) in [6, 6.07) is 11.4. The van der Waals surface area contributed by atoms with Crippen molar-refractivity contribution in [3.05, 3.63) is 64.7 Å². The minimum absolute atomic E-state index is 0.244. The molecule has 3 nitrogen and oxygen atoms in total. The SMILES string of the molecule is O=C(Nc1ccccc1C(F)(F)F)N1CCCC1c1ccccc1Cl. The minimum atomic E-state index is -4.53. The van der Waals surface area contributed by atoms with Gasteiger partial charge in [-0.2, -0.15) is 13.2 Å². The number of halogens is 4. The average molecular weight is 369 g/mol. The third kappa shape index (κ3) is 3.74. The zero-order valence-corrected chi connectivity index (χ0v) is 13.9. The molecule has 1 saturated heterocycles. The number of rotatable bonds is 2. The van der Waals surface area contributed by atoms with Crippen LogP contribution in [0.3, 0.4) is 0 Å². The number of amides is 2. The number of likely N-dealkylation sites (tertiary alicyclic amines) is 1. The highest BCUT2D eigenvalue weighted by Crippen LogP contribution is 2.38. The fourth-order valence-electron chi connectivity index (χ4n) is 3.10. The van der Waals surface area contributed by atoms with Crippen LogP contribution in [0.15, 0.2) is 48.5 Å². The van der Waals surface area contributed by atoms with E-state index in [0.717, 1.165) is 24.5 Å². The fraction of sp³-hybridized carbons (Fsp3) is 0.278. The molecule has 0 aromatic heterocycles. The molecule has 2 aromatic rings. The zero-order valence-electron chi connectivity index (χ0n) is 13.2. The summed E-state index contributed by atoms with van der Waals surface area (Å²) in [6.07, 6.45) is -3.04. The molecule has 0 saturated carbocycles. The van der Waals surface area contributed by atoms with Crippen LogP contribution >= 0.6 is 11.6 Å². The summed E-state index contributed by atoms with van der Waals surface area (Å²) in [5, 5.41) is 2.95. The van der Waals surface area contributed by atoms with Crippen LogP contribution in [-0.4, -0.2) is 17.5 Å². The molecule has 7 heteroatoms. The molecule has 1 fully saturated rings. The van der Waals surface area contributed by atoms with E-state index in [-0.39, 0.29) is 11.7 Å². The van der Waals surface area contributed by atoms with Crippen molar-refractivity contribution in [2.24, 2.45) is 0 Å². The van der Waals surface area contributed by atoms with Gasteiger partial charge in [-0.05, 0) is 36.6 Å². The van der Waals surface area contributed by atoms with Gasteiger partial charge in [0.2, 0.25) is 0 Å². The standard InChI is InChI=1S/C18H16ClF3N2O/c19-14-8-3-1-6-12(14)16-10-5-11-24(16)17(25)23-15-9-4-2-7-13(15)18(20,21)22/h1-4,6-9,16H,5,10-11H2,(H,23,25). The Hall–Kier alpha value is -2.21. The lowest BCUT2D eigenvalue weighted by molar-refractivity contribution is -0.136. The Balaban J connectivity index is 1.83. The average Bonchev–Trinajstić information content (AvgIpc) is 3.04. The van der Waals surface area contributed by atoms with Crippen molar-refractivity contribution in [1.29, 1.82) is 0 Å². The van der Waals surface area contributed by atoms with Gasteiger partial charge in [-0.3, -0.25) is 0 Å². The van der Waals surface area contributed by atoms with Crippen LogP contribution in [0.25, 0.3) is 0 Å². The molecular weight excluding hydrogens is 353 g/mol. The minimum Gasteiger partial charge on any atom is -0.317 e. The third-order valence-corrected chi connectivity index (χ3v) is 4.60. The molecule has 0 aliphatic carbocycles. The monoisotopic (exact) mass is 368 g/mol. The van der Waals surface area contributed by atoms with Crippen molar-refractivity contribution in [3.63, 3.8) is 0 Å². The quantitative estimate of drug-likeness (QED) is 0.721. The molecule has 1 aliphatic heterocycles. The van der Waals surface area contributed by atoms with Crippen LogP contribution in [0.2, 0.25) is 5.02 Å². The number of anilines is 1. The maximum absolute atomic E-state index is 13.1. The van der Waals surface area contributed by atoms with Crippen molar-refractivity contribution in [2.45, 2.75) is 25.1 Å². The van der Waals surface area contributed by atoms with E-state index in [4.69, 9.17) is 11.6 Å². The second-order valence-corrected chi connectivity index (χ2v) is 6.25. The number of benzene rings is 2. The Kier molecular flexibility index (Phi) is 4.90. The van der Waals surface area contributed by atoms with Gasteiger partial charge < -0.3 is 10.2 Å². The summed E-state index contributed by atoms with van der Waals surface area (Å²) in [5.74, 6) is 0. The van der Waals surface area contributed by atoms with Gasteiger partial charge in [-0.1, -0.05) is 41.9 Å². The molecule has 2 aromatic carbocycles. The van der Waals surface area contributed by atoms with E-state index in [1.807, 2.05) is 12.1 Å². The highest BCUT2D eigenvalue weighted by atomic mass is 35.5. The van der Waals surface area contributed by atoms with Crippen LogP contribution < -0.4 is 5.32 Å². The number of nitrogens with one attached hydrogen (secondary N) is 1. The molecule has 0 radical (unpaired) electrons. The predicted octanol–water partition coefficient (Wildman–Crippen LogP) is 5.73. The van der Waals surface area contributed by atoms with Gasteiger partial charge in [0.05, 0.1) is 17.3 Å². The van der Waals surface area contributed by atoms with Crippen LogP contribution in [0, 0.1) is 0 Å². The summed E-state index contributed by atoms with van der Waals surface area (Å²) in [7, 11) is 0. The number of para-hydroxylation sites is 1. The summed E-state index contributed by atoms with van der Waals surface area (Å²) in [5.41, 5.74) is -0.303. The number of alkyl halides is 3. The molecule has 3 rings (SSSR count).